The number of piperidine rings is 1. The molecule has 0 unspecified atom stereocenters. The number of allylic oxidation sites excluding steroid dienone is 1. The third kappa shape index (κ3) is 4.10. The van der Waals surface area contributed by atoms with Crippen LogP contribution in [-0.2, 0) is 4.79 Å². The highest BCUT2D eigenvalue weighted by molar-refractivity contribution is 5.76. The molecule has 1 aliphatic heterocycles. The Labute approximate surface area is 151 Å². The van der Waals surface area contributed by atoms with Crippen molar-refractivity contribution in [1.29, 1.82) is 0 Å². The lowest BCUT2D eigenvalue weighted by Crippen LogP contribution is -2.40. The second-order valence-corrected chi connectivity index (χ2v) is 7.31. The van der Waals surface area contributed by atoms with Crippen LogP contribution in [0.5, 0.6) is 0 Å². The molecule has 3 rings (SSSR count). The Morgan fingerprint density at radius 3 is 2.38 bits per heavy atom. The lowest BCUT2D eigenvalue weighted by atomic mass is 9.80. The van der Waals surface area contributed by atoms with Gasteiger partial charge in [-0.15, -0.1) is 0 Å². The minimum absolute atomic E-state index is 0.0467. The predicted molar refractivity (Wildman–Crippen MR) is 92.7 cm³/mol. The number of hydrogen-bond donors (Lipinski definition) is 2. The molecule has 1 saturated heterocycles. The van der Waals surface area contributed by atoms with E-state index in [0.717, 1.165) is 44.1 Å². The molecule has 2 aliphatic rings. The van der Waals surface area contributed by atoms with Gasteiger partial charge in [0.1, 0.15) is 5.82 Å². The van der Waals surface area contributed by atoms with Crippen molar-refractivity contribution in [3.8, 4) is 0 Å². The Morgan fingerprint density at radius 1 is 1.12 bits per heavy atom. The van der Waals surface area contributed by atoms with E-state index < -0.39 is 17.5 Å². The summed E-state index contributed by atoms with van der Waals surface area (Å²) >= 11 is 0. The van der Waals surface area contributed by atoms with Crippen LogP contribution in [0.2, 0.25) is 0 Å². The van der Waals surface area contributed by atoms with Gasteiger partial charge in [0.05, 0.1) is 0 Å². The van der Waals surface area contributed by atoms with Crippen LogP contribution in [0.25, 0.3) is 0 Å². The van der Waals surface area contributed by atoms with Gasteiger partial charge in [0.25, 0.3) is 0 Å². The molecule has 0 saturated carbocycles. The van der Waals surface area contributed by atoms with Crippen molar-refractivity contribution in [3.05, 3.63) is 46.8 Å². The van der Waals surface area contributed by atoms with Gasteiger partial charge >= 0.3 is 0 Å². The average molecular weight is 367 g/mol. The molecule has 1 heterocycles. The molecule has 1 aromatic carbocycles. The summed E-state index contributed by atoms with van der Waals surface area (Å²) < 4.78 is 40.6. The maximum atomic E-state index is 14.0. The zero-order chi connectivity index (χ0) is 18.8. The Bertz CT molecular complexity index is 714. The molecule has 0 radical (unpaired) electrons. The fraction of sp³-hybridized carbons (Fsp3) is 0.526. The quantitative estimate of drug-likeness (QED) is 0.634. The maximum absolute atomic E-state index is 14.0. The van der Waals surface area contributed by atoms with E-state index in [1.165, 1.54) is 0 Å². The number of rotatable bonds is 4. The summed E-state index contributed by atoms with van der Waals surface area (Å²) in [6, 6.07) is 1.15. The third-order valence-electron chi connectivity index (χ3n) is 5.53. The first kappa shape index (κ1) is 18.9. The number of carbonyl (C=O) groups excluding carboxylic acids is 1. The fourth-order valence-electron chi connectivity index (χ4n) is 3.97. The minimum Gasteiger partial charge on any atom is -0.369 e. The van der Waals surface area contributed by atoms with Gasteiger partial charge in [0.2, 0.25) is 5.91 Å². The van der Waals surface area contributed by atoms with Gasteiger partial charge in [-0.2, -0.15) is 0 Å². The van der Waals surface area contributed by atoms with Gasteiger partial charge in [-0.1, -0.05) is 11.6 Å². The number of amides is 1. The first-order chi connectivity index (χ1) is 12.3. The zero-order valence-electron chi connectivity index (χ0n) is 14.6. The number of hydrogen-bond acceptors (Lipinski definition) is 3. The molecule has 4 nitrogen and oxygen atoms in total. The van der Waals surface area contributed by atoms with Crippen molar-refractivity contribution < 1.29 is 18.0 Å². The molecule has 0 aromatic heterocycles. The summed E-state index contributed by atoms with van der Waals surface area (Å²) in [4.78, 5) is 13.5. The van der Waals surface area contributed by atoms with Gasteiger partial charge in [0, 0.05) is 30.5 Å². The van der Waals surface area contributed by atoms with Gasteiger partial charge in [-0.25, -0.2) is 13.2 Å². The maximum Gasteiger partial charge on any atom is 0.220 e. The van der Waals surface area contributed by atoms with Crippen molar-refractivity contribution in [2.75, 3.05) is 19.6 Å². The van der Waals surface area contributed by atoms with Crippen LogP contribution in [0.15, 0.2) is 23.8 Å². The summed E-state index contributed by atoms with van der Waals surface area (Å²) in [5, 5.41) is 0. The first-order valence-electron chi connectivity index (χ1n) is 8.94. The van der Waals surface area contributed by atoms with Gasteiger partial charge in [-0.3, -0.25) is 9.69 Å². The molecule has 2 atom stereocenters. The van der Waals surface area contributed by atoms with Gasteiger partial charge in [-0.05, 0) is 50.4 Å². The normalized spacial score (nSPS) is 25.2. The van der Waals surface area contributed by atoms with Crippen molar-refractivity contribution in [2.45, 2.75) is 37.6 Å². The Balaban J connectivity index is 1.63. The number of halogens is 3. The Hall–Kier alpha value is -1.86. The van der Waals surface area contributed by atoms with Crippen molar-refractivity contribution >= 4 is 5.91 Å². The van der Waals surface area contributed by atoms with Crippen molar-refractivity contribution in [1.82, 2.24) is 4.90 Å². The van der Waals surface area contributed by atoms with Crippen LogP contribution >= 0.6 is 0 Å². The predicted octanol–water partition coefficient (Wildman–Crippen LogP) is 2.43. The molecule has 142 valence electrons. The van der Waals surface area contributed by atoms with Crippen molar-refractivity contribution in [3.63, 3.8) is 0 Å². The van der Waals surface area contributed by atoms with E-state index in [2.05, 4.69) is 4.90 Å². The van der Waals surface area contributed by atoms with Crippen LogP contribution in [0.1, 0.15) is 37.2 Å². The lowest BCUT2D eigenvalue weighted by molar-refractivity contribution is -0.123. The van der Waals surface area contributed by atoms with E-state index in [4.69, 9.17) is 11.5 Å². The second kappa shape index (κ2) is 7.80. The number of carbonyl (C=O) groups is 1. The third-order valence-corrected chi connectivity index (χ3v) is 5.53. The molecule has 1 aliphatic carbocycles. The van der Waals surface area contributed by atoms with Gasteiger partial charge in [0.15, 0.2) is 11.6 Å². The molecule has 0 bridgehead atoms. The standard InChI is InChI=1S/C19H24F3N3O/c20-15-9-17(22)16(21)8-14(15)13-2-1-11(7-18(13)23)10-25-5-3-12(4-6-25)19(24)26/h1,8-9,12-13,18H,2-7,10,23H2,(H2,24,26)/t13-,18+/m1/s1. The SMILES string of the molecule is NC(=O)C1CCN(CC2=CC[C@H](c3cc(F)c(F)cc3F)[C@@H](N)C2)CC1. The highest BCUT2D eigenvalue weighted by Crippen LogP contribution is 2.34. The lowest BCUT2D eigenvalue weighted by Gasteiger charge is -2.34. The summed E-state index contributed by atoms with van der Waals surface area (Å²) in [6.07, 6.45) is 4.62. The number of likely N-dealkylation sites (tertiary alicyclic amines) is 1. The molecule has 0 spiro atoms. The Morgan fingerprint density at radius 2 is 1.77 bits per heavy atom. The monoisotopic (exact) mass is 367 g/mol. The molecular formula is C19H24F3N3O. The van der Waals surface area contributed by atoms with Crippen LogP contribution in [0.3, 0.4) is 0 Å². The van der Waals surface area contributed by atoms with Crippen LogP contribution in [0.4, 0.5) is 13.2 Å². The number of nitrogens with zero attached hydrogens (tertiary/aromatic N) is 1. The number of primary amides is 1. The average Bonchev–Trinajstić information content (AvgIpc) is 2.59. The molecule has 1 amide bonds. The van der Waals surface area contributed by atoms with Gasteiger partial charge < -0.3 is 11.5 Å². The molecule has 4 N–H and O–H groups in total. The van der Waals surface area contributed by atoms with E-state index in [0.29, 0.717) is 18.9 Å². The van der Waals surface area contributed by atoms with Crippen LogP contribution in [0, 0.1) is 23.4 Å². The largest absolute Gasteiger partial charge is 0.369 e. The number of benzene rings is 1. The summed E-state index contributed by atoms with van der Waals surface area (Å²) in [5.41, 5.74) is 12.9. The van der Waals surface area contributed by atoms with E-state index in [-0.39, 0.29) is 29.3 Å². The highest BCUT2D eigenvalue weighted by Gasteiger charge is 2.29. The fourth-order valence-corrected chi connectivity index (χ4v) is 3.97. The topological polar surface area (TPSA) is 72.4 Å². The minimum atomic E-state index is -1.19. The van der Waals surface area contributed by atoms with Crippen molar-refractivity contribution in [2.24, 2.45) is 17.4 Å². The Kier molecular flexibility index (Phi) is 5.67. The first-order valence-corrected chi connectivity index (χ1v) is 8.94. The zero-order valence-corrected chi connectivity index (χ0v) is 14.6. The molecule has 7 heteroatoms. The van der Waals surface area contributed by atoms with E-state index >= 15 is 0 Å². The smallest absolute Gasteiger partial charge is 0.220 e. The van der Waals surface area contributed by atoms with Crippen LogP contribution < -0.4 is 11.5 Å². The molecule has 26 heavy (non-hydrogen) atoms. The van der Waals surface area contributed by atoms with E-state index in [1.54, 1.807) is 0 Å². The summed E-state index contributed by atoms with van der Waals surface area (Å²) in [7, 11) is 0. The second-order valence-electron chi connectivity index (χ2n) is 7.31. The van der Waals surface area contributed by atoms with E-state index in [9.17, 15) is 18.0 Å². The van der Waals surface area contributed by atoms with Crippen LogP contribution in [-0.4, -0.2) is 36.5 Å². The number of nitrogens with two attached hydrogens (primary N) is 2. The molecule has 1 aromatic rings. The molecular weight excluding hydrogens is 343 g/mol. The summed E-state index contributed by atoms with van der Waals surface area (Å²) in [5.74, 6) is -3.65. The van der Waals surface area contributed by atoms with E-state index in [1.807, 2.05) is 6.08 Å². The highest BCUT2D eigenvalue weighted by atomic mass is 19.2. The summed E-state index contributed by atoms with van der Waals surface area (Å²) in [6.45, 7) is 2.37. The molecule has 1 fully saturated rings.